The van der Waals surface area contributed by atoms with Crippen molar-refractivity contribution in [2.75, 3.05) is 11.9 Å². The van der Waals surface area contributed by atoms with Crippen LogP contribution in [0.3, 0.4) is 0 Å². The Morgan fingerprint density at radius 3 is 2.67 bits per heavy atom. The molecule has 1 aliphatic rings. The first-order valence-corrected chi connectivity index (χ1v) is 7.47. The highest BCUT2D eigenvalue weighted by molar-refractivity contribution is 6.30. The third-order valence-corrected chi connectivity index (χ3v) is 3.85. The monoisotopic (exact) mass is 302 g/mol. The average molecular weight is 303 g/mol. The molecule has 0 radical (unpaired) electrons. The molecule has 0 saturated carbocycles. The second-order valence-corrected chi connectivity index (χ2v) is 6.77. The maximum atomic E-state index is 5.93. The molecule has 2 heterocycles. The summed E-state index contributed by atoms with van der Waals surface area (Å²) in [5.74, 6) is 2.80. The van der Waals surface area contributed by atoms with Crippen molar-refractivity contribution in [1.29, 1.82) is 0 Å². The van der Waals surface area contributed by atoms with E-state index in [0.29, 0.717) is 0 Å². The second-order valence-electron chi connectivity index (χ2n) is 6.33. The summed E-state index contributed by atoms with van der Waals surface area (Å²) < 4.78 is 5.87. The Balaban J connectivity index is 1.96. The number of halogens is 1. The van der Waals surface area contributed by atoms with Gasteiger partial charge in [-0.2, -0.15) is 0 Å². The van der Waals surface area contributed by atoms with Gasteiger partial charge in [-0.05, 0) is 42.7 Å². The molecule has 3 nitrogen and oxygen atoms in total. The van der Waals surface area contributed by atoms with Crippen LogP contribution in [0.2, 0.25) is 5.02 Å². The number of anilines is 1. The molecule has 1 aliphatic heterocycles. The molecule has 4 heteroatoms. The fraction of sp³-hybridized carbons (Fsp3) is 0.353. The van der Waals surface area contributed by atoms with Gasteiger partial charge < -0.3 is 9.73 Å². The van der Waals surface area contributed by atoms with E-state index in [9.17, 15) is 0 Å². The van der Waals surface area contributed by atoms with E-state index in [-0.39, 0.29) is 5.41 Å². The lowest BCUT2D eigenvalue weighted by molar-refractivity contribution is 0.339. The number of hydrogen-bond donors (Lipinski definition) is 1. The number of nitrogens with one attached hydrogen (secondary N) is 1. The lowest BCUT2D eigenvalue weighted by atomic mass is 9.88. The quantitative estimate of drug-likeness (QED) is 0.830. The first kappa shape index (κ1) is 14.2. The van der Waals surface area contributed by atoms with E-state index in [0.717, 1.165) is 46.6 Å². The molecule has 1 N–H and O–H groups in total. The van der Waals surface area contributed by atoms with Gasteiger partial charge in [0.05, 0.1) is 5.56 Å². The predicted molar refractivity (Wildman–Crippen MR) is 87.4 cm³/mol. The number of aryl methyl sites for hydroxylation is 1. The largest absolute Gasteiger partial charge is 0.466 e. The summed E-state index contributed by atoms with van der Waals surface area (Å²) in [7, 11) is 0. The second kappa shape index (κ2) is 5.23. The van der Waals surface area contributed by atoms with E-state index in [1.54, 1.807) is 0 Å². The van der Waals surface area contributed by atoms with Crippen molar-refractivity contribution in [3.05, 3.63) is 52.4 Å². The van der Waals surface area contributed by atoms with Crippen LogP contribution < -0.4 is 5.32 Å². The summed E-state index contributed by atoms with van der Waals surface area (Å²) >= 11 is 5.93. The van der Waals surface area contributed by atoms with Crippen molar-refractivity contribution in [2.45, 2.75) is 27.2 Å². The Kier molecular flexibility index (Phi) is 3.54. The Labute approximate surface area is 130 Å². The number of amidine groups is 1. The van der Waals surface area contributed by atoms with Crippen LogP contribution in [0.1, 0.15) is 30.9 Å². The molecule has 0 unspecified atom stereocenters. The van der Waals surface area contributed by atoms with Gasteiger partial charge in [0, 0.05) is 23.7 Å². The lowest BCUT2D eigenvalue weighted by Gasteiger charge is -2.19. The number of nitrogens with zero attached hydrogens (tertiary/aromatic N) is 1. The van der Waals surface area contributed by atoms with Gasteiger partial charge in [-0.25, -0.2) is 0 Å². The standard InChI is InChI=1S/C17H19ClN2O/c1-11-8-14-15(21-11)9-17(2,3)10-19-16(14)20-13-6-4-12(18)5-7-13/h4-8H,9-10H2,1-3H3,(H,19,20). The summed E-state index contributed by atoms with van der Waals surface area (Å²) in [5.41, 5.74) is 2.14. The average Bonchev–Trinajstić information content (AvgIpc) is 2.71. The molecule has 0 fully saturated rings. The number of hydrogen-bond acceptors (Lipinski definition) is 3. The molecule has 2 aromatic rings. The summed E-state index contributed by atoms with van der Waals surface area (Å²) in [6.07, 6.45) is 0.894. The molecule has 0 aliphatic carbocycles. The number of benzene rings is 1. The molecule has 0 bridgehead atoms. The Morgan fingerprint density at radius 1 is 1.24 bits per heavy atom. The van der Waals surface area contributed by atoms with Crippen molar-refractivity contribution >= 4 is 23.1 Å². The van der Waals surface area contributed by atoms with Crippen molar-refractivity contribution in [2.24, 2.45) is 10.4 Å². The topological polar surface area (TPSA) is 37.5 Å². The van der Waals surface area contributed by atoms with Crippen LogP contribution >= 0.6 is 11.6 Å². The van der Waals surface area contributed by atoms with Gasteiger partial charge in [0.25, 0.3) is 0 Å². The molecule has 0 amide bonds. The summed E-state index contributed by atoms with van der Waals surface area (Å²) in [6.45, 7) is 7.17. The van der Waals surface area contributed by atoms with E-state index in [1.807, 2.05) is 31.2 Å². The summed E-state index contributed by atoms with van der Waals surface area (Å²) in [5, 5.41) is 4.11. The minimum absolute atomic E-state index is 0.0997. The van der Waals surface area contributed by atoms with Crippen LogP contribution in [0.5, 0.6) is 0 Å². The van der Waals surface area contributed by atoms with Crippen molar-refractivity contribution in [3.8, 4) is 0 Å². The van der Waals surface area contributed by atoms with Crippen molar-refractivity contribution in [1.82, 2.24) is 0 Å². The van der Waals surface area contributed by atoms with Gasteiger partial charge in [0.2, 0.25) is 0 Å². The number of furan rings is 1. The normalized spacial score (nSPS) is 16.9. The smallest absolute Gasteiger partial charge is 0.136 e. The van der Waals surface area contributed by atoms with Crippen LogP contribution in [0.15, 0.2) is 39.7 Å². The van der Waals surface area contributed by atoms with Crippen molar-refractivity contribution < 1.29 is 4.42 Å². The van der Waals surface area contributed by atoms with Gasteiger partial charge in [0.1, 0.15) is 17.4 Å². The molecule has 1 aromatic heterocycles. The van der Waals surface area contributed by atoms with Gasteiger partial charge in [-0.1, -0.05) is 25.4 Å². The van der Waals surface area contributed by atoms with Crippen LogP contribution in [0.4, 0.5) is 5.69 Å². The van der Waals surface area contributed by atoms with Crippen molar-refractivity contribution in [3.63, 3.8) is 0 Å². The number of rotatable bonds is 1. The third kappa shape index (κ3) is 3.13. The molecular weight excluding hydrogens is 284 g/mol. The van der Waals surface area contributed by atoms with E-state index in [1.165, 1.54) is 0 Å². The highest BCUT2D eigenvalue weighted by Crippen LogP contribution is 2.30. The zero-order chi connectivity index (χ0) is 15.0. The van der Waals surface area contributed by atoms with Gasteiger partial charge in [-0.15, -0.1) is 0 Å². The minimum Gasteiger partial charge on any atom is -0.466 e. The van der Waals surface area contributed by atoms with Crippen LogP contribution in [0.25, 0.3) is 0 Å². The van der Waals surface area contributed by atoms with E-state index < -0.39 is 0 Å². The van der Waals surface area contributed by atoms with Crippen LogP contribution in [-0.4, -0.2) is 12.4 Å². The van der Waals surface area contributed by atoms with Crippen LogP contribution in [0, 0.1) is 12.3 Å². The number of aliphatic imine (C=N–C) groups is 1. The summed E-state index contributed by atoms with van der Waals surface area (Å²) in [4.78, 5) is 4.76. The molecular formula is C17H19ClN2O. The minimum atomic E-state index is 0.0997. The Morgan fingerprint density at radius 2 is 1.95 bits per heavy atom. The lowest BCUT2D eigenvalue weighted by Crippen LogP contribution is -2.18. The molecule has 1 aromatic carbocycles. The Hall–Kier alpha value is -1.74. The van der Waals surface area contributed by atoms with E-state index in [2.05, 4.69) is 25.2 Å². The summed E-state index contributed by atoms with van der Waals surface area (Å²) in [6, 6.07) is 9.69. The molecule has 21 heavy (non-hydrogen) atoms. The van der Waals surface area contributed by atoms with Gasteiger partial charge in [-0.3, -0.25) is 4.99 Å². The first-order valence-electron chi connectivity index (χ1n) is 7.10. The molecule has 0 saturated heterocycles. The highest BCUT2D eigenvalue weighted by Gasteiger charge is 2.28. The molecule has 110 valence electrons. The van der Waals surface area contributed by atoms with Gasteiger partial charge >= 0.3 is 0 Å². The maximum Gasteiger partial charge on any atom is 0.136 e. The van der Waals surface area contributed by atoms with Crippen LogP contribution in [-0.2, 0) is 6.42 Å². The molecule has 0 spiro atoms. The predicted octanol–water partition coefficient (Wildman–Crippen LogP) is 4.68. The van der Waals surface area contributed by atoms with E-state index >= 15 is 0 Å². The molecule has 3 rings (SSSR count). The Bertz CT molecular complexity index is 683. The maximum absolute atomic E-state index is 5.93. The number of fused-ring (bicyclic) bond motifs is 1. The fourth-order valence-corrected chi connectivity index (χ4v) is 2.67. The zero-order valence-corrected chi connectivity index (χ0v) is 13.3. The van der Waals surface area contributed by atoms with Gasteiger partial charge in [0.15, 0.2) is 0 Å². The SMILES string of the molecule is Cc1cc2c(o1)CC(C)(C)CN=C2Nc1ccc(Cl)cc1. The first-order chi connectivity index (χ1) is 9.93. The zero-order valence-electron chi connectivity index (χ0n) is 12.5. The van der Waals surface area contributed by atoms with E-state index in [4.69, 9.17) is 21.0 Å². The fourth-order valence-electron chi connectivity index (χ4n) is 2.54. The molecule has 0 atom stereocenters. The highest BCUT2D eigenvalue weighted by atomic mass is 35.5. The third-order valence-electron chi connectivity index (χ3n) is 3.60.